The quantitative estimate of drug-likeness (QED) is 0.834. The smallest absolute Gasteiger partial charge is 0.344 e. The molecule has 138 valence electrons. The molecule has 1 unspecified atom stereocenters. The summed E-state index contributed by atoms with van der Waals surface area (Å²) in [5.74, 6) is -0.429. The Morgan fingerprint density at radius 1 is 1.48 bits per heavy atom. The van der Waals surface area contributed by atoms with Crippen LogP contribution >= 0.6 is 23.7 Å². The molecular formula is C14H17ClF3N5OS. The zero-order chi connectivity index (χ0) is 17.2. The minimum atomic E-state index is -4.47. The van der Waals surface area contributed by atoms with Gasteiger partial charge in [0.05, 0.1) is 12.6 Å². The lowest BCUT2D eigenvalue weighted by atomic mass is 10.1. The SMILES string of the molecule is Cl.O=C(NCc1nc(C(F)(F)F)cs1)c1ccn(C2CCCNC2)n1. The maximum Gasteiger partial charge on any atom is 0.434 e. The van der Waals surface area contributed by atoms with Gasteiger partial charge in [-0.05, 0) is 25.5 Å². The van der Waals surface area contributed by atoms with Gasteiger partial charge in [-0.25, -0.2) is 4.98 Å². The number of halogens is 4. The summed E-state index contributed by atoms with van der Waals surface area (Å²) in [6.07, 6.45) is -0.671. The highest BCUT2D eigenvalue weighted by Crippen LogP contribution is 2.29. The normalized spacial score (nSPS) is 17.8. The molecule has 2 aromatic heterocycles. The van der Waals surface area contributed by atoms with Gasteiger partial charge < -0.3 is 10.6 Å². The van der Waals surface area contributed by atoms with Crippen LogP contribution in [0.25, 0.3) is 0 Å². The molecule has 2 aromatic rings. The van der Waals surface area contributed by atoms with Crippen molar-refractivity contribution in [1.82, 2.24) is 25.4 Å². The lowest BCUT2D eigenvalue weighted by Crippen LogP contribution is -2.32. The minimum absolute atomic E-state index is 0. The van der Waals surface area contributed by atoms with Crippen molar-refractivity contribution in [2.75, 3.05) is 13.1 Å². The van der Waals surface area contributed by atoms with Gasteiger partial charge in [0, 0.05) is 18.1 Å². The number of amides is 1. The topological polar surface area (TPSA) is 71.8 Å². The summed E-state index contributed by atoms with van der Waals surface area (Å²) in [5.41, 5.74) is -0.695. The number of alkyl halides is 3. The Balaban J connectivity index is 0.00000225. The third kappa shape index (κ3) is 4.93. The number of hydrogen-bond acceptors (Lipinski definition) is 5. The van der Waals surface area contributed by atoms with E-state index < -0.39 is 17.8 Å². The van der Waals surface area contributed by atoms with Crippen molar-refractivity contribution in [2.45, 2.75) is 31.6 Å². The highest BCUT2D eigenvalue weighted by molar-refractivity contribution is 7.09. The van der Waals surface area contributed by atoms with Gasteiger partial charge in [-0.15, -0.1) is 23.7 Å². The average Bonchev–Trinajstić information content (AvgIpc) is 3.22. The van der Waals surface area contributed by atoms with Crippen LogP contribution in [0.3, 0.4) is 0 Å². The Morgan fingerprint density at radius 2 is 2.28 bits per heavy atom. The highest BCUT2D eigenvalue weighted by atomic mass is 35.5. The lowest BCUT2D eigenvalue weighted by molar-refractivity contribution is -0.140. The zero-order valence-electron chi connectivity index (χ0n) is 13.0. The fourth-order valence-electron chi connectivity index (χ4n) is 2.49. The third-order valence-corrected chi connectivity index (χ3v) is 4.58. The molecule has 1 atom stereocenters. The molecule has 1 fully saturated rings. The summed E-state index contributed by atoms with van der Waals surface area (Å²) < 4.78 is 39.2. The average molecular weight is 396 g/mol. The molecule has 0 aromatic carbocycles. The van der Waals surface area contributed by atoms with Crippen molar-refractivity contribution < 1.29 is 18.0 Å². The van der Waals surface area contributed by atoms with Crippen LogP contribution in [0.1, 0.15) is 40.1 Å². The number of nitrogens with zero attached hydrogens (tertiary/aromatic N) is 3. The van der Waals surface area contributed by atoms with Crippen LogP contribution in [0.5, 0.6) is 0 Å². The number of aromatic nitrogens is 3. The number of carbonyl (C=O) groups is 1. The molecule has 0 aliphatic carbocycles. The molecule has 11 heteroatoms. The van der Waals surface area contributed by atoms with Gasteiger partial charge in [0.25, 0.3) is 5.91 Å². The lowest BCUT2D eigenvalue weighted by Gasteiger charge is -2.22. The van der Waals surface area contributed by atoms with Gasteiger partial charge in [-0.1, -0.05) is 0 Å². The van der Waals surface area contributed by atoms with Gasteiger partial charge in [-0.3, -0.25) is 9.48 Å². The first-order valence-electron chi connectivity index (χ1n) is 7.49. The van der Waals surface area contributed by atoms with Crippen LogP contribution in [-0.4, -0.2) is 33.8 Å². The summed E-state index contributed by atoms with van der Waals surface area (Å²) in [5, 5.41) is 11.2. The van der Waals surface area contributed by atoms with E-state index in [9.17, 15) is 18.0 Å². The van der Waals surface area contributed by atoms with E-state index in [1.165, 1.54) is 0 Å². The van der Waals surface area contributed by atoms with E-state index in [2.05, 4.69) is 20.7 Å². The van der Waals surface area contributed by atoms with Crippen molar-refractivity contribution in [3.8, 4) is 0 Å². The molecule has 6 nitrogen and oxygen atoms in total. The molecule has 25 heavy (non-hydrogen) atoms. The fourth-order valence-corrected chi connectivity index (χ4v) is 3.23. The van der Waals surface area contributed by atoms with Gasteiger partial charge in [-0.2, -0.15) is 18.3 Å². The van der Waals surface area contributed by atoms with Crippen molar-refractivity contribution in [1.29, 1.82) is 0 Å². The molecule has 3 rings (SSSR count). The number of thiazole rings is 1. The van der Waals surface area contributed by atoms with E-state index >= 15 is 0 Å². The molecule has 0 radical (unpaired) electrons. The van der Waals surface area contributed by atoms with Crippen LogP contribution in [0, 0.1) is 0 Å². The number of hydrogen-bond donors (Lipinski definition) is 2. The first-order chi connectivity index (χ1) is 11.4. The maximum atomic E-state index is 12.5. The van der Waals surface area contributed by atoms with Crippen molar-refractivity contribution >= 4 is 29.7 Å². The Labute approximate surface area is 152 Å². The first-order valence-corrected chi connectivity index (χ1v) is 8.37. The summed E-state index contributed by atoms with van der Waals surface area (Å²) in [6.45, 7) is 1.73. The predicted molar refractivity (Wildman–Crippen MR) is 88.9 cm³/mol. The van der Waals surface area contributed by atoms with Crippen molar-refractivity contribution in [3.63, 3.8) is 0 Å². The fraction of sp³-hybridized carbons (Fsp3) is 0.500. The molecule has 1 aliphatic rings. The number of piperidine rings is 1. The van der Waals surface area contributed by atoms with E-state index in [0.717, 1.165) is 42.6 Å². The third-order valence-electron chi connectivity index (χ3n) is 3.73. The summed E-state index contributed by atoms with van der Waals surface area (Å²) in [7, 11) is 0. The zero-order valence-corrected chi connectivity index (χ0v) is 14.7. The number of rotatable bonds is 4. The molecule has 1 saturated heterocycles. The van der Waals surface area contributed by atoms with E-state index in [4.69, 9.17) is 0 Å². The molecule has 0 bridgehead atoms. The first kappa shape index (κ1) is 19.7. The monoisotopic (exact) mass is 395 g/mol. The number of carbonyl (C=O) groups excluding carboxylic acids is 1. The molecule has 0 saturated carbocycles. The largest absolute Gasteiger partial charge is 0.434 e. The van der Waals surface area contributed by atoms with Crippen LogP contribution < -0.4 is 10.6 Å². The minimum Gasteiger partial charge on any atom is -0.344 e. The second-order valence-electron chi connectivity index (χ2n) is 5.49. The van der Waals surface area contributed by atoms with Crippen LogP contribution in [-0.2, 0) is 12.7 Å². The standard InChI is InChI=1S/C14H16F3N5OS.ClH/c15-14(16,17)11-8-24-12(20-11)7-19-13(23)10-3-5-22(21-10)9-2-1-4-18-6-9;/h3,5,8-9,18H,1-2,4,6-7H2,(H,19,23);1H. The van der Waals surface area contributed by atoms with Crippen LogP contribution in [0.15, 0.2) is 17.6 Å². The van der Waals surface area contributed by atoms with Crippen LogP contribution in [0.4, 0.5) is 13.2 Å². The molecule has 1 amide bonds. The molecule has 2 N–H and O–H groups in total. The second kappa shape index (κ2) is 8.15. The summed E-state index contributed by atoms with van der Waals surface area (Å²) >= 11 is 0.862. The maximum absolute atomic E-state index is 12.5. The van der Waals surface area contributed by atoms with Gasteiger partial charge >= 0.3 is 6.18 Å². The number of nitrogens with one attached hydrogen (secondary N) is 2. The predicted octanol–water partition coefficient (Wildman–Crippen LogP) is 2.63. The van der Waals surface area contributed by atoms with Crippen molar-refractivity contribution in [2.24, 2.45) is 0 Å². The Kier molecular flexibility index (Phi) is 6.42. The molecular weight excluding hydrogens is 379 g/mol. The summed E-state index contributed by atoms with van der Waals surface area (Å²) in [4.78, 5) is 15.5. The van der Waals surface area contributed by atoms with E-state index in [0.29, 0.717) is 0 Å². The van der Waals surface area contributed by atoms with E-state index in [1.54, 1.807) is 16.9 Å². The second-order valence-corrected chi connectivity index (χ2v) is 6.43. The van der Waals surface area contributed by atoms with Gasteiger partial charge in [0.2, 0.25) is 0 Å². The van der Waals surface area contributed by atoms with E-state index in [-0.39, 0.29) is 35.7 Å². The van der Waals surface area contributed by atoms with E-state index in [1.807, 2.05) is 0 Å². The molecule has 3 heterocycles. The Morgan fingerprint density at radius 3 is 2.92 bits per heavy atom. The molecule has 0 spiro atoms. The van der Waals surface area contributed by atoms with Gasteiger partial charge in [0.15, 0.2) is 5.69 Å². The van der Waals surface area contributed by atoms with Crippen LogP contribution in [0.2, 0.25) is 0 Å². The highest BCUT2D eigenvalue weighted by Gasteiger charge is 2.33. The molecule has 1 aliphatic heterocycles. The van der Waals surface area contributed by atoms with Crippen molar-refractivity contribution in [3.05, 3.63) is 34.0 Å². The summed E-state index contributed by atoms with van der Waals surface area (Å²) in [6, 6.07) is 1.82. The Bertz CT molecular complexity index is 711. The Hall–Kier alpha value is -1.65. The van der Waals surface area contributed by atoms with Gasteiger partial charge in [0.1, 0.15) is 10.7 Å².